The SMILES string of the molecule is CN(C)C1CCN(C(=O)NC2CCC(C(=O)O)CC2)CC1. The van der Waals surface area contributed by atoms with Gasteiger partial charge in [0.05, 0.1) is 5.92 Å². The van der Waals surface area contributed by atoms with Gasteiger partial charge in [-0.3, -0.25) is 4.79 Å². The number of piperidine rings is 1. The van der Waals surface area contributed by atoms with Crippen molar-refractivity contribution in [1.82, 2.24) is 15.1 Å². The number of carbonyl (C=O) groups is 2. The number of likely N-dealkylation sites (tertiary alicyclic amines) is 1. The van der Waals surface area contributed by atoms with E-state index in [9.17, 15) is 9.59 Å². The summed E-state index contributed by atoms with van der Waals surface area (Å²) in [7, 11) is 4.17. The van der Waals surface area contributed by atoms with Crippen LogP contribution in [0.1, 0.15) is 38.5 Å². The van der Waals surface area contributed by atoms with Gasteiger partial charge in [0.25, 0.3) is 0 Å². The van der Waals surface area contributed by atoms with Crippen LogP contribution in [0.25, 0.3) is 0 Å². The van der Waals surface area contributed by atoms with Crippen molar-refractivity contribution in [2.24, 2.45) is 5.92 Å². The number of aliphatic carboxylic acids is 1. The zero-order valence-corrected chi connectivity index (χ0v) is 13.0. The summed E-state index contributed by atoms with van der Waals surface area (Å²) in [6.45, 7) is 1.61. The Morgan fingerprint density at radius 3 is 2.10 bits per heavy atom. The van der Waals surface area contributed by atoms with Gasteiger partial charge in [-0.05, 0) is 52.6 Å². The van der Waals surface area contributed by atoms with Gasteiger partial charge in [-0.25, -0.2) is 4.79 Å². The molecular weight excluding hydrogens is 270 g/mol. The minimum absolute atomic E-state index is 0.0194. The first-order chi connectivity index (χ1) is 9.97. The molecule has 6 nitrogen and oxygen atoms in total. The molecule has 2 aliphatic rings. The van der Waals surface area contributed by atoms with Crippen LogP contribution in [0.4, 0.5) is 4.79 Å². The monoisotopic (exact) mass is 297 g/mol. The topological polar surface area (TPSA) is 72.9 Å². The molecule has 0 spiro atoms. The van der Waals surface area contributed by atoms with Crippen LogP contribution in [-0.2, 0) is 4.79 Å². The Kier molecular flexibility index (Phi) is 5.45. The van der Waals surface area contributed by atoms with Gasteiger partial charge in [0.1, 0.15) is 0 Å². The van der Waals surface area contributed by atoms with Gasteiger partial charge in [0.2, 0.25) is 0 Å². The fraction of sp³-hybridized carbons (Fsp3) is 0.867. The van der Waals surface area contributed by atoms with Crippen molar-refractivity contribution in [3.8, 4) is 0 Å². The number of hydrogen-bond acceptors (Lipinski definition) is 3. The third kappa shape index (κ3) is 4.33. The van der Waals surface area contributed by atoms with E-state index in [1.807, 2.05) is 4.90 Å². The number of nitrogens with one attached hydrogen (secondary N) is 1. The highest BCUT2D eigenvalue weighted by Crippen LogP contribution is 2.24. The van der Waals surface area contributed by atoms with E-state index in [-0.39, 0.29) is 18.0 Å². The summed E-state index contributed by atoms with van der Waals surface area (Å²) in [4.78, 5) is 27.3. The molecule has 1 aliphatic carbocycles. The fourth-order valence-electron chi connectivity index (χ4n) is 3.34. The molecule has 1 saturated carbocycles. The molecule has 2 amide bonds. The molecule has 2 fully saturated rings. The first-order valence-corrected chi connectivity index (χ1v) is 7.92. The number of rotatable bonds is 3. The van der Waals surface area contributed by atoms with Gasteiger partial charge in [0, 0.05) is 25.2 Å². The summed E-state index contributed by atoms with van der Waals surface area (Å²) >= 11 is 0. The summed E-state index contributed by atoms with van der Waals surface area (Å²) in [6.07, 6.45) is 4.93. The molecule has 0 aromatic rings. The van der Waals surface area contributed by atoms with E-state index >= 15 is 0 Å². The van der Waals surface area contributed by atoms with Gasteiger partial charge in [-0.1, -0.05) is 0 Å². The highest BCUT2D eigenvalue weighted by molar-refractivity contribution is 5.74. The maximum absolute atomic E-state index is 12.2. The molecule has 2 N–H and O–H groups in total. The standard InChI is InChI=1S/C15H27N3O3/c1-17(2)13-7-9-18(10-8-13)15(21)16-12-5-3-11(4-6-12)14(19)20/h11-13H,3-10H2,1-2H3,(H,16,21)(H,19,20). The third-order valence-electron chi connectivity index (χ3n) is 4.89. The van der Waals surface area contributed by atoms with Crippen LogP contribution in [0.2, 0.25) is 0 Å². The molecular formula is C15H27N3O3. The lowest BCUT2D eigenvalue weighted by Gasteiger charge is -2.36. The average molecular weight is 297 g/mol. The second-order valence-corrected chi connectivity index (χ2v) is 6.52. The molecule has 0 bridgehead atoms. The number of amides is 2. The largest absolute Gasteiger partial charge is 0.481 e. The van der Waals surface area contributed by atoms with Crippen LogP contribution < -0.4 is 5.32 Å². The molecule has 21 heavy (non-hydrogen) atoms. The summed E-state index contributed by atoms with van der Waals surface area (Å²) in [5.41, 5.74) is 0. The molecule has 0 aromatic heterocycles. The number of nitrogens with zero attached hydrogens (tertiary/aromatic N) is 2. The van der Waals surface area contributed by atoms with E-state index in [2.05, 4.69) is 24.3 Å². The lowest BCUT2D eigenvalue weighted by atomic mass is 9.86. The Hall–Kier alpha value is -1.30. The molecule has 6 heteroatoms. The molecule has 1 aliphatic heterocycles. The van der Waals surface area contributed by atoms with Crippen LogP contribution in [0, 0.1) is 5.92 Å². The summed E-state index contributed by atoms with van der Waals surface area (Å²) in [6, 6.07) is 0.728. The van der Waals surface area contributed by atoms with E-state index < -0.39 is 5.97 Å². The highest BCUT2D eigenvalue weighted by atomic mass is 16.4. The minimum atomic E-state index is -0.703. The van der Waals surface area contributed by atoms with Gasteiger partial charge in [0.15, 0.2) is 0 Å². The van der Waals surface area contributed by atoms with Gasteiger partial charge in [-0.2, -0.15) is 0 Å². The van der Waals surface area contributed by atoms with Gasteiger partial charge in [-0.15, -0.1) is 0 Å². The predicted octanol–water partition coefficient (Wildman–Crippen LogP) is 1.37. The van der Waals surface area contributed by atoms with E-state index in [0.717, 1.165) is 38.8 Å². The minimum Gasteiger partial charge on any atom is -0.481 e. The van der Waals surface area contributed by atoms with E-state index in [1.165, 1.54) is 0 Å². The number of carboxylic acids is 1. The summed E-state index contributed by atoms with van der Waals surface area (Å²) in [5.74, 6) is -0.931. The van der Waals surface area contributed by atoms with Gasteiger partial charge < -0.3 is 20.2 Å². The molecule has 1 heterocycles. The lowest BCUT2D eigenvalue weighted by Crippen LogP contribution is -2.51. The molecule has 0 atom stereocenters. The van der Waals surface area contributed by atoms with Crippen molar-refractivity contribution in [3.05, 3.63) is 0 Å². The van der Waals surface area contributed by atoms with Crippen molar-refractivity contribution in [2.75, 3.05) is 27.2 Å². The molecule has 0 aromatic carbocycles. The Bertz CT molecular complexity index is 370. The Labute approximate surface area is 126 Å². The zero-order chi connectivity index (χ0) is 15.4. The normalized spacial score (nSPS) is 27.7. The van der Waals surface area contributed by atoms with E-state index in [4.69, 9.17) is 5.11 Å². The second-order valence-electron chi connectivity index (χ2n) is 6.52. The van der Waals surface area contributed by atoms with E-state index in [1.54, 1.807) is 0 Å². The number of carboxylic acid groups (broad SMARTS) is 1. The highest BCUT2D eigenvalue weighted by Gasteiger charge is 2.29. The Balaban J connectivity index is 1.72. The summed E-state index contributed by atoms with van der Waals surface area (Å²) in [5, 5.41) is 12.1. The Morgan fingerprint density at radius 2 is 1.62 bits per heavy atom. The first kappa shape index (κ1) is 16.1. The molecule has 1 saturated heterocycles. The summed E-state index contributed by atoms with van der Waals surface area (Å²) < 4.78 is 0. The number of hydrogen-bond donors (Lipinski definition) is 2. The fourth-order valence-corrected chi connectivity index (χ4v) is 3.34. The van der Waals surface area contributed by atoms with E-state index in [0.29, 0.717) is 18.9 Å². The zero-order valence-electron chi connectivity index (χ0n) is 13.0. The number of carbonyl (C=O) groups excluding carboxylic acids is 1. The molecule has 120 valence electrons. The second kappa shape index (κ2) is 7.11. The lowest BCUT2D eigenvalue weighted by molar-refractivity contribution is -0.142. The van der Waals surface area contributed by atoms with Crippen LogP contribution >= 0.6 is 0 Å². The molecule has 0 unspecified atom stereocenters. The average Bonchev–Trinajstić information content (AvgIpc) is 2.47. The van der Waals surface area contributed by atoms with Crippen molar-refractivity contribution in [2.45, 2.75) is 50.6 Å². The first-order valence-electron chi connectivity index (χ1n) is 7.92. The maximum atomic E-state index is 12.2. The van der Waals surface area contributed by atoms with Gasteiger partial charge >= 0.3 is 12.0 Å². The molecule has 2 rings (SSSR count). The van der Waals surface area contributed by atoms with Crippen LogP contribution in [0.15, 0.2) is 0 Å². The number of urea groups is 1. The third-order valence-corrected chi connectivity index (χ3v) is 4.89. The predicted molar refractivity (Wildman–Crippen MR) is 80.2 cm³/mol. The smallest absolute Gasteiger partial charge is 0.317 e. The van der Waals surface area contributed by atoms with Crippen molar-refractivity contribution in [3.63, 3.8) is 0 Å². The Morgan fingerprint density at radius 1 is 1.05 bits per heavy atom. The quantitative estimate of drug-likeness (QED) is 0.825. The van der Waals surface area contributed by atoms with Crippen molar-refractivity contribution in [1.29, 1.82) is 0 Å². The molecule has 0 radical (unpaired) electrons. The van der Waals surface area contributed by atoms with Crippen molar-refractivity contribution >= 4 is 12.0 Å². The van der Waals surface area contributed by atoms with Crippen LogP contribution in [-0.4, -0.2) is 66.2 Å². The van der Waals surface area contributed by atoms with Crippen LogP contribution in [0.5, 0.6) is 0 Å². The van der Waals surface area contributed by atoms with Crippen molar-refractivity contribution < 1.29 is 14.7 Å². The van der Waals surface area contributed by atoms with Crippen LogP contribution in [0.3, 0.4) is 0 Å². The maximum Gasteiger partial charge on any atom is 0.317 e.